The van der Waals surface area contributed by atoms with E-state index in [1.165, 1.54) is 16.9 Å². The minimum absolute atomic E-state index is 0.144. The van der Waals surface area contributed by atoms with Gasteiger partial charge >= 0.3 is 0 Å². The lowest BCUT2D eigenvalue weighted by Gasteiger charge is -2.08. The molecule has 2 aromatic carbocycles. The van der Waals surface area contributed by atoms with Crippen molar-refractivity contribution in [2.45, 2.75) is 13.8 Å². The number of hydrogen-bond acceptors (Lipinski definition) is 3. The van der Waals surface area contributed by atoms with Crippen LogP contribution in [0.2, 0.25) is 0 Å². The van der Waals surface area contributed by atoms with Crippen molar-refractivity contribution in [1.29, 1.82) is 0 Å². The standard InChI is InChI=1S/C20H16BrN3OS/c1-12-3-5-14(6-4-12)17-10-24-18(11-26-20(24)23-17)19(25)22-16-8-7-15(21)9-13(16)2/h3-11H,1-2H3,(H,22,25). The van der Waals surface area contributed by atoms with E-state index in [2.05, 4.69) is 45.3 Å². The lowest BCUT2D eigenvalue weighted by atomic mass is 10.1. The summed E-state index contributed by atoms with van der Waals surface area (Å²) >= 11 is 4.90. The molecule has 130 valence electrons. The third-order valence-electron chi connectivity index (χ3n) is 4.23. The molecule has 0 fully saturated rings. The highest BCUT2D eigenvalue weighted by molar-refractivity contribution is 9.10. The van der Waals surface area contributed by atoms with Gasteiger partial charge in [-0.15, -0.1) is 11.3 Å². The molecule has 2 heterocycles. The molecule has 2 aromatic heterocycles. The number of thiazole rings is 1. The minimum atomic E-state index is -0.144. The molecule has 6 heteroatoms. The number of imidazole rings is 1. The van der Waals surface area contributed by atoms with Gasteiger partial charge in [-0.05, 0) is 37.6 Å². The fourth-order valence-corrected chi connectivity index (χ4v) is 4.09. The van der Waals surface area contributed by atoms with Crippen LogP contribution in [0.5, 0.6) is 0 Å². The summed E-state index contributed by atoms with van der Waals surface area (Å²) in [5.41, 5.74) is 5.51. The average molecular weight is 426 g/mol. The SMILES string of the molecule is Cc1ccc(-c2cn3c(C(=O)Nc4ccc(Br)cc4C)csc3n2)cc1. The van der Waals surface area contributed by atoms with E-state index in [0.717, 1.165) is 31.9 Å². The summed E-state index contributed by atoms with van der Waals surface area (Å²) in [5.74, 6) is -0.144. The number of aromatic nitrogens is 2. The zero-order valence-corrected chi connectivity index (χ0v) is 16.7. The zero-order chi connectivity index (χ0) is 18.3. The summed E-state index contributed by atoms with van der Waals surface area (Å²) in [6, 6.07) is 14.0. The molecular weight excluding hydrogens is 410 g/mol. The third-order valence-corrected chi connectivity index (χ3v) is 5.56. The lowest BCUT2D eigenvalue weighted by Crippen LogP contribution is -2.14. The molecule has 0 saturated heterocycles. The number of fused-ring (bicyclic) bond motifs is 1. The Kier molecular flexibility index (Phi) is 4.38. The monoisotopic (exact) mass is 425 g/mol. The van der Waals surface area contributed by atoms with Crippen LogP contribution in [0.1, 0.15) is 21.6 Å². The number of nitrogens with one attached hydrogen (secondary N) is 1. The van der Waals surface area contributed by atoms with Crippen LogP contribution in [0.4, 0.5) is 5.69 Å². The van der Waals surface area contributed by atoms with Crippen molar-refractivity contribution in [2.75, 3.05) is 5.32 Å². The first-order valence-electron chi connectivity index (χ1n) is 8.12. The Bertz CT molecular complexity index is 1110. The second kappa shape index (κ2) is 6.70. The highest BCUT2D eigenvalue weighted by Gasteiger charge is 2.16. The van der Waals surface area contributed by atoms with E-state index in [1.807, 2.05) is 53.2 Å². The molecular formula is C20H16BrN3OS. The average Bonchev–Trinajstić information content (AvgIpc) is 3.18. The first kappa shape index (κ1) is 17.0. The van der Waals surface area contributed by atoms with E-state index >= 15 is 0 Å². The second-order valence-electron chi connectivity index (χ2n) is 6.18. The van der Waals surface area contributed by atoms with Crippen LogP contribution in [0.15, 0.2) is 58.5 Å². The van der Waals surface area contributed by atoms with Crippen LogP contribution in [-0.4, -0.2) is 15.3 Å². The highest BCUT2D eigenvalue weighted by Crippen LogP contribution is 2.25. The van der Waals surface area contributed by atoms with Crippen molar-refractivity contribution in [3.63, 3.8) is 0 Å². The fourth-order valence-electron chi connectivity index (χ4n) is 2.76. The van der Waals surface area contributed by atoms with E-state index in [0.29, 0.717) is 5.69 Å². The number of carbonyl (C=O) groups is 1. The van der Waals surface area contributed by atoms with Gasteiger partial charge in [0.1, 0.15) is 5.69 Å². The topological polar surface area (TPSA) is 46.4 Å². The maximum absolute atomic E-state index is 12.8. The van der Waals surface area contributed by atoms with Crippen molar-refractivity contribution in [3.8, 4) is 11.3 Å². The molecule has 0 unspecified atom stereocenters. The molecule has 4 rings (SSSR count). The molecule has 0 aliphatic carbocycles. The van der Waals surface area contributed by atoms with Gasteiger partial charge in [-0.1, -0.05) is 45.8 Å². The first-order valence-corrected chi connectivity index (χ1v) is 9.79. The van der Waals surface area contributed by atoms with Crippen LogP contribution in [0.25, 0.3) is 16.2 Å². The lowest BCUT2D eigenvalue weighted by molar-refractivity contribution is 0.102. The fraction of sp³-hybridized carbons (Fsp3) is 0.100. The number of rotatable bonds is 3. The quantitative estimate of drug-likeness (QED) is 0.457. The zero-order valence-electron chi connectivity index (χ0n) is 14.3. The predicted molar refractivity (Wildman–Crippen MR) is 110 cm³/mol. The molecule has 4 aromatic rings. The van der Waals surface area contributed by atoms with Gasteiger partial charge in [0.2, 0.25) is 0 Å². The number of amides is 1. The third kappa shape index (κ3) is 3.18. The summed E-state index contributed by atoms with van der Waals surface area (Å²) < 4.78 is 2.84. The maximum atomic E-state index is 12.8. The van der Waals surface area contributed by atoms with Crippen LogP contribution in [0.3, 0.4) is 0 Å². The molecule has 26 heavy (non-hydrogen) atoms. The summed E-state index contributed by atoms with van der Waals surface area (Å²) in [5, 5.41) is 4.82. The van der Waals surface area contributed by atoms with Gasteiger partial charge in [-0.25, -0.2) is 4.98 Å². The highest BCUT2D eigenvalue weighted by atomic mass is 79.9. The Hall–Kier alpha value is -2.44. The van der Waals surface area contributed by atoms with Crippen LogP contribution < -0.4 is 5.32 Å². The van der Waals surface area contributed by atoms with Crippen molar-refractivity contribution in [2.24, 2.45) is 0 Å². The minimum Gasteiger partial charge on any atom is -0.320 e. The number of anilines is 1. The Morgan fingerprint density at radius 1 is 1.15 bits per heavy atom. The molecule has 1 N–H and O–H groups in total. The molecule has 0 saturated carbocycles. The van der Waals surface area contributed by atoms with E-state index in [1.54, 1.807) is 0 Å². The summed E-state index contributed by atoms with van der Waals surface area (Å²) in [6.07, 6.45) is 1.92. The van der Waals surface area contributed by atoms with Crippen LogP contribution in [-0.2, 0) is 0 Å². The molecule has 0 aliphatic rings. The van der Waals surface area contributed by atoms with Gasteiger partial charge in [0.05, 0.1) is 5.69 Å². The Morgan fingerprint density at radius 2 is 1.92 bits per heavy atom. The number of halogens is 1. The van der Waals surface area contributed by atoms with Gasteiger partial charge in [0.25, 0.3) is 5.91 Å². The normalized spacial score (nSPS) is 11.0. The molecule has 0 bridgehead atoms. The van der Waals surface area contributed by atoms with Gasteiger partial charge in [0, 0.05) is 27.3 Å². The van der Waals surface area contributed by atoms with E-state index in [4.69, 9.17) is 0 Å². The largest absolute Gasteiger partial charge is 0.320 e. The Labute approximate surface area is 163 Å². The maximum Gasteiger partial charge on any atom is 0.273 e. The summed E-state index contributed by atoms with van der Waals surface area (Å²) in [6.45, 7) is 4.03. The Balaban J connectivity index is 1.66. The number of carbonyl (C=O) groups excluding carboxylic acids is 1. The van der Waals surface area contributed by atoms with E-state index < -0.39 is 0 Å². The molecule has 0 aliphatic heterocycles. The molecule has 0 spiro atoms. The number of benzene rings is 2. The number of aryl methyl sites for hydroxylation is 2. The molecule has 0 atom stereocenters. The van der Waals surface area contributed by atoms with Gasteiger partial charge in [0.15, 0.2) is 4.96 Å². The molecule has 4 nitrogen and oxygen atoms in total. The Morgan fingerprint density at radius 3 is 2.65 bits per heavy atom. The second-order valence-corrected chi connectivity index (χ2v) is 7.93. The number of hydrogen-bond donors (Lipinski definition) is 1. The van der Waals surface area contributed by atoms with Gasteiger partial charge in [-0.2, -0.15) is 0 Å². The van der Waals surface area contributed by atoms with Crippen molar-refractivity contribution in [1.82, 2.24) is 9.38 Å². The van der Waals surface area contributed by atoms with Crippen molar-refractivity contribution in [3.05, 3.63) is 75.3 Å². The molecule has 1 amide bonds. The van der Waals surface area contributed by atoms with E-state index in [-0.39, 0.29) is 5.91 Å². The van der Waals surface area contributed by atoms with E-state index in [9.17, 15) is 4.79 Å². The summed E-state index contributed by atoms with van der Waals surface area (Å²) in [7, 11) is 0. The number of nitrogens with zero attached hydrogens (tertiary/aromatic N) is 2. The van der Waals surface area contributed by atoms with Crippen LogP contribution in [0, 0.1) is 13.8 Å². The smallest absolute Gasteiger partial charge is 0.273 e. The van der Waals surface area contributed by atoms with Gasteiger partial charge in [-0.3, -0.25) is 9.20 Å². The first-order chi connectivity index (χ1) is 12.5. The predicted octanol–water partition coefficient (Wildman–Crippen LogP) is 5.69. The summed E-state index contributed by atoms with van der Waals surface area (Å²) in [4.78, 5) is 18.2. The van der Waals surface area contributed by atoms with Crippen LogP contribution >= 0.6 is 27.3 Å². The van der Waals surface area contributed by atoms with Crippen molar-refractivity contribution >= 4 is 43.8 Å². The molecule has 0 radical (unpaired) electrons. The van der Waals surface area contributed by atoms with Crippen molar-refractivity contribution < 1.29 is 4.79 Å². The van der Waals surface area contributed by atoms with Gasteiger partial charge < -0.3 is 5.32 Å².